The molecule has 2 aromatic rings. The molecule has 0 heterocycles. The fourth-order valence-electron chi connectivity index (χ4n) is 2.55. The van der Waals surface area contributed by atoms with Crippen molar-refractivity contribution in [2.75, 3.05) is 11.5 Å². The predicted octanol–water partition coefficient (Wildman–Crippen LogP) is 4.59. The van der Waals surface area contributed by atoms with E-state index in [-0.39, 0.29) is 0 Å². The van der Waals surface area contributed by atoms with Gasteiger partial charge in [0.25, 0.3) is 0 Å². The van der Waals surface area contributed by atoms with E-state index < -0.39 is 0 Å². The minimum atomic E-state index is 0.554. The SMILES string of the molecule is CCS[C@H](C)c1ccccc1[Se][Se]c1ccccc1[C@@H](C)SCC. The van der Waals surface area contributed by atoms with E-state index in [1.54, 1.807) is 20.1 Å². The molecule has 0 aliphatic rings. The van der Waals surface area contributed by atoms with Crippen LogP contribution in [0.4, 0.5) is 0 Å². The van der Waals surface area contributed by atoms with E-state index in [0.29, 0.717) is 36.8 Å². The summed E-state index contributed by atoms with van der Waals surface area (Å²) in [5.41, 5.74) is 3.11. The van der Waals surface area contributed by atoms with E-state index in [1.165, 1.54) is 11.5 Å². The summed E-state index contributed by atoms with van der Waals surface area (Å²) in [6.07, 6.45) is 0. The molecule has 0 saturated carbocycles. The molecule has 0 bridgehead atoms. The van der Waals surface area contributed by atoms with Crippen molar-refractivity contribution in [3.8, 4) is 0 Å². The van der Waals surface area contributed by atoms with Crippen molar-refractivity contribution in [3.05, 3.63) is 59.7 Å². The van der Waals surface area contributed by atoms with E-state index in [1.807, 2.05) is 23.5 Å². The van der Waals surface area contributed by atoms with Crippen LogP contribution < -0.4 is 8.92 Å². The second-order valence-corrected chi connectivity index (χ2v) is 14.9. The van der Waals surface area contributed by atoms with Gasteiger partial charge in [-0.05, 0) is 0 Å². The van der Waals surface area contributed by atoms with Crippen LogP contribution in [0.1, 0.15) is 49.3 Å². The van der Waals surface area contributed by atoms with Crippen molar-refractivity contribution in [1.29, 1.82) is 0 Å². The molecule has 0 unspecified atom stereocenters. The van der Waals surface area contributed by atoms with Crippen LogP contribution in [0.5, 0.6) is 0 Å². The zero-order valence-electron chi connectivity index (χ0n) is 14.8. The Morgan fingerprint density at radius 1 is 0.708 bits per heavy atom. The fourth-order valence-corrected chi connectivity index (χ4v) is 12.3. The zero-order valence-corrected chi connectivity index (χ0v) is 19.9. The third kappa shape index (κ3) is 5.87. The Kier molecular flexibility index (Phi) is 9.40. The van der Waals surface area contributed by atoms with Crippen molar-refractivity contribution < 1.29 is 0 Å². The number of rotatable bonds is 9. The topological polar surface area (TPSA) is 0 Å². The normalized spacial score (nSPS) is 13.7. The molecule has 24 heavy (non-hydrogen) atoms. The molecule has 0 N–H and O–H groups in total. The van der Waals surface area contributed by atoms with E-state index in [0.717, 1.165) is 0 Å². The summed E-state index contributed by atoms with van der Waals surface area (Å²) in [4.78, 5) is 0. The van der Waals surface area contributed by atoms with E-state index >= 15 is 0 Å². The molecule has 2 atom stereocenters. The summed E-state index contributed by atoms with van der Waals surface area (Å²) < 4.78 is 3.20. The van der Waals surface area contributed by atoms with E-state index in [4.69, 9.17) is 0 Å². The predicted molar refractivity (Wildman–Crippen MR) is 117 cm³/mol. The Hall–Kier alpha value is 0.179. The maximum atomic E-state index is 2.36. The van der Waals surface area contributed by atoms with Crippen LogP contribution in [0.25, 0.3) is 0 Å². The van der Waals surface area contributed by atoms with Crippen LogP contribution in [0.15, 0.2) is 48.5 Å². The van der Waals surface area contributed by atoms with Crippen LogP contribution >= 0.6 is 23.5 Å². The molecule has 2 aromatic carbocycles. The minimum absolute atomic E-state index is 0.554. The van der Waals surface area contributed by atoms with Gasteiger partial charge < -0.3 is 0 Å². The maximum absolute atomic E-state index is 2.36. The molecule has 0 nitrogen and oxygen atoms in total. The van der Waals surface area contributed by atoms with Crippen LogP contribution in [0, 0.1) is 0 Å². The van der Waals surface area contributed by atoms with Crippen LogP contribution in [0.2, 0.25) is 0 Å². The summed E-state index contributed by atoms with van der Waals surface area (Å²) in [5.74, 6) is 2.37. The summed E-state index contributed by atoms with van der Waals surface area (Å²) in [7, 11) is 0. The van der Waals surface area contributed by atoms with Crippen molar-refractivity contribution in [2.24, 2.45) is 0 Å². The third-order valence-corrected chi connectivity index (χ3v) is 13.3. The quantitative estimate of drug-likeness (QED) is 0.474. The average Bonchev–Trinajstić information content (AvgIpc) is 2.61. The van der Waals surface area contributed by atoms with Gasteiger partial charge in [0.05, 0.1) is 0 Å². The Bertz CT molecular complexity index is 575. The average molecular weight is 488 g/mol. The van der Waals surface area contributed by atoms with Gasteiger partial charge in [0.2, 0.25) is 0 Å². The Morgan fingerprint density at radius 2 is 1.08 bits per heavy atom. The van der Waals surface area contributed by atoms with Gasteiger partial charge in [0.1, 0.15) is 0 Å². The molecule has 0 spiro atoms. The summed E-state index contributed by atoms with van der Waals surface area (Å²) >= 11 is 5.21. The molecule has 0 amide bonds. The first-order valence-corrected chi connectivity index (χ1v) is 16.6. The number of hydrogen-bond donors (Lipinski definition) is 0. The van der Waals surface area contributed by atoms with Crippen LogP contribution in [0.3, 0.4) is 0 Å². The third-order valence-electron chi connectivity index (χ3n) is 3.77. The molecule has 0 radical (unpaired) electrons. The standard InChI is InChI=1S/C20H26S2Se2/c1-5-21-15(3)17-11-7-9-13-19(17)23-24-20-14-10-8-12-18(20)16(4)22-6-2/h7-16H,5-6H2,1-4H3/t15-,16-/m1/s1. The van der Waals surface area contributed by atoms with Crippen LogP contribution in [-0.4, -0.2) is 37.8 Å². The molecule has 0 saturated heterocycles. The molecule has 0 aliphatic carbocycles. The van der Waals surface area contributed by atoms with Gasteiger partial charge in [0, 0.05) is 0 Å². The molecular weight excluding hydrogens is 462 g/mol. The Labute approximate surface area is 167 Å². The van der Waals surface area contributed by atoms with Crippen molar-refractivity contribution >= 4 is 58.7 Å². The van der Waals surface area contributed by atoms with Gasteiger partial charge >= 0.3 is 168 Å². The fraction of sp³-hybridized carbons (Fsp3) is 0.400. The molecule has 0 aliphatic heterocycles. The van der Waals surface area contributed by atoms with Gasteiger partial charge in [-0.2, -0.15) is 0 Å². The summed E-state index contributed by atoms with van der Waals surface area (Å²) in [6.45, 7) is 9.21. The molecule has 0 fully saturated rings. The van der Waals surface area contributed by atoms with Gasteiger partial charge in [-0.1, -0.05) is 0 Å². The molecule has 0 aromatic heterocycles. The van der Waals surface area contributed by atoms with Crippen molar-refractivity contribution in [2.45, 2.75) is 38.2 Å². The number of hydrogen-bond acceptors (Lipinski definition) is 2. The monoisotopic (exact) mass is 490 g/mol. The first kappa shape index (κ1) is 20.5. The van der Waals surface area contributed by atoms with Gasteiger partial charge in [-0.15, -0.1) is 0 Å². The van der Waals surface area contributed by atoms with E-state index in [2.05, 4.69) is 76.2 Å². The molecule has 130 valence electrons. The Morgan fingerprint density at radius 3 is 1.46 bits per heavy atom. The molecular formula is C20H26S2Se2. The number of thioether (sulfide) groups is 2. The number of benzene rings is 2. The van der Waals surface area contributed by atoms with Gasteiger partial charge in [-0.25, -0.2) is 0 Å². The summed E-state index contributed by atoms with van der Waals surface area (Å²) in [5, 5.41) is 1.21. The first-order chi connectivity index (χ1) is 11.7. The van der Waals surface area contributed by atoms with Gasteiger partial charge in [-0.3, -0.25) is 0 Å². The second kappa shape index (κ2) is 11.0. The zero-order chi connectivity index (χ0) is 17.4. The summed E-state index contributed by atoms with van der Waals surface area (Å²) in [6, 6.07) is 18.2. The van der Waals surface area contributed by atoms with Crippen molar-refractivity contribution in [1.82, 2.24) is 0 Å². The second-order valence-electron chi connectivity index (χ2n) is 5.44. The molecule has 2 rings (SSSR count). The Balaban J connectivity index is 2.15. The first-order valence-electron chi connectivity index (χ1n) is 8.42. The van der Waals surface area contributed by atoms with Crippen LogP contribution in [-0.2, 0) is 0 Å². The van der Waals surface area contributed by atoms with Gasteiger partial charge in [0.15, 0.2) is 0 Å². The van der Waals surface area contributed by atoms with Crippen molar-refractivity contribution in [3.63, 3.8) is 0 Å². The molecule has 4 heteroatoms. The van der Waals surface area contributed by atoms with E-state index in [9.17, 15) is 0 Å².